The number of hydrogen-bond donors (Lipinski definition) is 1. The molecule has 3 atom stereocenters. The molecule has 0 bridgehead atoms. The van der Waals surface area contributed by atoms with E-state index in [1.165, 1.54) is 0 Å². The Morgan fingerprint density at radius 2 is 2.36 bits per heavy atom. The smallest absolute Gasteiger partial charge is 0.306 e. The molecule has 0 saturated carbocycles. The lowest BCUT2D eigenvalue weighted by molar-refractivity contribution is -0.143. The van der Waals surface area contributed by atoms with E-state index in [1.807, 2.05) is 6.92 Å². The minimum atomic E-state index is -0.671. The van der Waals surface area contributed by atoms with E-state index < -0.39 is 5.97 Å². The Balaban J connectivity index is 2.56. The molecule has 0 aliphatic carbocycles. The third-order valence-electron chi connectivity index (χ3n) is 3.22. The van der Waals surface area contributed by atoms with Crippen LogP contribution in [0.1, 0.15) is 33.1 Å². The van der Waals surface area contributed by atoms with E-state index in [1.54, 1.807) is 0 Å². The van der Waals surface area contributed by atoms with Crippen molar-refractivity contribution < 1.29 is 14.6 Å². The molecule has 1 fully saturated rings. The SMILES string of the molecule is CCCC(C1CCOC1)C(C)C(=O)O. The second-order valence-corrected chi connectivity index (χ2v) is 4.20. The van der Waals surface area contributed by atoms with Crippen LogP contribution >= 0.6 is 0 Å². The molecule has 82 valence electrons. The molecule has 0 aromatic carbocycles. The molecule has 0 spiro atoms. The molecule has 1 aliphatic heterocycles. The third kappa shape index (κ3) is 2.71. The highest BCUT2D eigenvalue weighted by atomic mass is 16.5. The molecule has 3 nitrogen and oxygen atoms in total. The van der Waals surface area contributed by atoms with E-state index in [0.717, 1.165) is 32.5 Å². The maximum Gasteiger partial charge on any atom is 0.306 e. The van der Waals surface area contributed by atoms with Crippen LogP contribution in [0.5, 0.6) is 0 Å². The van der Waals surface area contributed by atoms with Gasteiger partial charge in [0.05, 0.1) is 5.92 Å². The average molecular weight is 200 g/mol. The summed E-state index contributed by atoms with van der Waals surface area (Å²) in [5.41, 5.74) is 0. The van der Waals surface area contributed by atoms with Gasteiger partial charge in [-0.3, -0.25) is 4.79 Å². The first kappa shape index (κ1) is 11.5. The Labute approximate surface area is 85.5 Å². The monoisotopic (exact) mass is 200 g/mol. The number of rotatable bonds is 5. The zero-order valence-corrected chi connectivity index (χ0v) is 9.03. The summed E-state index contributed by atoms with van der Waals surface area (Å²) < 4.78 is 5.32. The van der Waals surface area contributed by atoms with E-state index in [9.17, 15) is 4.79 Å². The van der Waals surface area contributed by atoms with Crippen molar-refractivity contribution in [3.8, 4) is 0 Å². The fourth-order valence-electron chi connectivity index (χ4n) is 2.30. The predicted molar refractivity (Wildman–Crippen MR) is 54.1 cm³/mol. The molecule has 1 saturated heterocycles. The lowest BCUT2D eigenvalue weighted by Gasteiger charge is -2.25. The highest BCUT2D eigenvalue weighted by Crippen LogP contribution is 2.31. The van der Waals surface area contributed by atoms with E-state index in [0.29, 0.717) is 11.8 Å². The van der Waals surface area contributed by atoms with Gasteiger partial charge in [0.15, 0.2) is 0 Å². The second-order valence-electron chi connectivity index (χ2n) is 4.20. The standard InChI is InChI=1S/C11H20O3/c1-3-4-10(8(2)11(12)13)9-5-6-14-7-9/h8-10H,3-7H2,1-2H3,(H,12,13). The number of ether oxygens (including phenoxy) is 1. The maximum atomic E-state index is 10.9. The summed E-state index contributed by atoms with van der Waals surface area (Å²) in [5.74, 6) is -0.155. The van der Waals surface area contributed by atoms with E-state index >= 15 is 0 Å². The first-order valence-electron chi connectivity index (χ1n) is 5.47. The van der Waals surface area contributed by atoms with Crippen molar-refractivity contribution in [2.24, 2.45) is 17.8 Å². The molecule has 1 N–H and O–H groups in total. The molecule has 0 aromatic rings. The summed E-state index contributed by atoms with van der Waals surface area (Å²) in [5, 5.41) is 9.00. The van der Waals surface area contributed by atoms with Crippen LogP contribution in [0.3, 0.4) is 0 Å². The second kappa shape index (κ2) is 5.35. The fraction of sp³-hybridized carbons (Fsp3) is 0.909. The zero-order valence-electron chi connectivity index (χ0n) is 9.03. The van der Waals surface area contributed by atoms with Crippen LogP contribution < -0.4 is 0 Å². The molecule has 3 unspecified atom stereocenters. The van der Waals surface area contributed by atoms with Gasteiger partial charge in [-0.05, 0) is 24.7 Å². The zero-order chi connectivity index (χ0) is 10.6. The minimum absolute atomic E-state index is 0.235. The molecule has 14 heavy (non-hydrogen) atoms. The Morgan fingerprint density at radius 1 is 1.64 bits per heavy atom. The fourth-order valence-corrected chi connectivity index (χ4v) is 2.30. The van der Waals surface area contributed by atoms with Gasteiger partial charge in [0.25, 0.3) is 0 Å². The molecule has 0 amide bonds. The van der Waals surface area contributed by atoms with Crippen molar-refractivity contribution in [1.29, 1.82) is 0 Å². The van der Waals surface area contributed by atoms with Crippen molar-refractivity contribution in [1.82, 2.24) is 0 Å². The molecule has 0 aromatic heterocycles. The molecular weight excluding hydrogens is 180 g/mol. The number of aliphatic carboxylic acids is 1. The van der Waals surface area contributed by atoms with Crippen LogP contribution in [0, 0.1) is 17.8 Å². The van der Waals surface area contributed by atoms with Gasteiger partial charge in [-0.15, -0.1) is 0 Å². The number of carboxylic acid groups (broad SMARTS) is 1. The minimum Gasteiger partial charge on any atom is -0.481 e. The number of carboxylic acids is 1. The van der Waals surface area contributed by atoms with Gasteiger partial charge < -0.3 is 9.84 Å². The summed E-state index contributed by atoms with van der Waals surface area (Å²) in [6, 6.07) is 0. The van der Waals surface area contributed by atoms with Crippen LogP contribution in [0.4, 0.5) is 0 Å². The summed E-state index contributed by atoms with van der Waals surface area (Å²) in [4.78, 5) is 10.9. The Morgan fingerprint density at radius 3 is 2.79 bits per heavy atom. The quantitative estimate of drug-likeness (QED) is 0.739. The Bertz CT molecular complexity index is 185. The van der Waals surface area contributed by atoms with Crippen molar-refractivity contribution in [3.05, 3.63) is 0 Å². The van der Waals surface area contributed by atoms with E-state index in [-0.39, 0.29) is 5.92 Å². The highest BCUT2D eigenvalue weighted by molar-refractivity contribution is 5.69. The van der Waals surface area contributed by atoms with Gasteiger partial charge in [0.2, 0.25) is 0 Å². The van der Waals surface area contributed by atoms with Crippen molar-refractivity contribution in [2.45, 2.75) is 33.1 Å². The topological polar surface area (TPSA) is 46.5 Å². The van der Waals surface area contributed by atoms with Crippen LogP contribution in [0.15, 0.2) is 0 Å². The van der Waals surface area contributed by atoms with Gasteiger partial charge in [-0.2, -0.15) is 0 Å². The van der Waals surface area contributed by atoms with E-state index in [4.69, 9.17) is 9.84 Å². The van der Waals surface area contributed by atoms with Crippen LogP contribution in [-0.2, 0) is 9.53 Å². The van der Waals surface area contributed by atoms with Gasteiger partial charge in [0.1, 0.15) is 0 Å². The Kier molecular flexibility index (Phi) is 4.39. The van der Waals surface area contributed by atoms with Crippen LogP contribution in [0.25, 0.3) is 0 Å². The molecule has 0 radical (unpaired) electrons. The van der Waals surface area contributed by atoms with Gasteiger partial charge >= 0.3 is 5.97 Å². The number of hydrogen-bond acceptors (Lipinski definition) is 2. The highest BCUT2D eigenvalue weighted by Gasteiger charge is 2.32. The molecule has 3 heteroatoms. The van der Waals surface area contributed by atoms with Crippen molar-refractivity contribution in [2.75, 3.05) is 13.2 Å². The molecule has 1 rings (SSSR count). The normalized spacial score (nSPS) is 26.0. The van der Waals surface area contributed by atoms with Gasteiger partial charge in [-0.25, -0.2) is 0 Å². The Hall–Kier alpha value is -0.570. The first-order valence-corrected chi connectivity index (χ1v) is 5.47. The summed E-state index contributed by atoms with van der Waals surface area (Å²) >= 11 is 0. The molecule has 1 heterocycles. The molecule has 1 aliphatic rings. The largest absolute Gasteiger partial charge is 0.481 e. The van der Waals surface area contributed by atoms with Gasteiger partial charge in [-0.1, -0.05) is 20.3 Å². The predicted octanol–water partition coefficient (Wildman–Crippen LogP) is 2.16. The lowest BCUT2D eigenvalue weighted by atomic mass is 9.79. The lowest BCUT2D eigenvalue weighted by Crippen LogP contribution is -2.27. The van der Waals surface area contributed by atoms with Crippen LogP contribution in [0.2, 0.25) is 0 Å². The summed E-state index contributed by atoms with van der Waals surface area (Å²) in [7, 11) is 0. The van der Waals surface area contributed by atoms with Gasteiger partial charge in [0, 0.05) is 13.2 Å². The van der Waals surface area contributed by atoms with Crippen molar-refractivity contribution >= 4 is 5.97 Å². The molecular formula is C11H20O3. The maximum absolute atomic E-state index is 10.9. The first-order chi connectivity index (χ1) is 6.66. The average Bonchev–Trinajstić information content (AvgIpc) is 2.65. The van der Waals surface area contributed by atoms with Crippen LogP contribution in [-0.4, -0.2) is 24.3 Å². The number of carbonyl (C=O) groups is 1. The van der Waals surface area contributed by atoms with E-state index in [2.05, 4.69) is 6.92 Å². The third-order valence-corrected chi connectivity index (χ3v) is 3.22. The summed E-state index contributed by atoms with van der Waals surface area (Å²) in [6.07, 6.45) is 3.09. The summed E-state index contributed by atoms with van der Waals surface area (Å²) in [6.45, 7) is 5.48. The van der Waals surface area contributed by atoms with Crippen molar-refractivity contribution in [3.63, 3.8) is 0 Å².